The van der Waals surface area contributed by atoms with Crippen molar-refractivity contribution in [3.8, 4) is 0 Å². The van der Waals surface area contributed by atoms with Crippen LogP contribution in [0.2, 0.25) is 0 Å². The van der Waals surface area contributed by atoms with E-state index >= 15 is 0 Å². The minimum atomic E-state index is 0.170. The predicted octanol–water partition coefficient (Wildman–Crippen LogP) is 4.87. The van der Waals surface area contributed by atoms with Crippen LogP contribution in [-0.2, 0) is 17.3 Å². The fourth-order valence-electron chi connectivity index (χ4n) is 3.65. The second-order valence-electron chi connectivity index (χ2n) is 6.48. The molecule has 0 saturated carbocycles. The summed E-state index contributed by atoms with van der Waals surface area (Å²) in [5.74, 6) is 0. The van der Waals surface area contributed by atoms with Crippen molar-refractivity contribution in [2.45, 2.75) is 44.4 Å². The number of fused-ring (bicyclic) bond motifs is 1. The second kappa shape index (κ2) is 4.23. The highest BCUT2D eigenvalue weighted by Gasteiger charge is 2.46. The lowest BCUT2D eigenvalue weighted by Crippen LogP contribution is -2.46. The molecular formula is C19H22. The van der Waals surface area contributed by atoms with Crippen LogP contribution in [0.25, 0.3) is 0 Å². The van der Waals surface area contributed by atoms with Gasteiger partial charge in [0, 0.05) is 5.41 Å². The highest BCUT2D eigenvalue weighted by Crippen LogP contribution is 2.51. The number of aryl methyl sites for hydroxylation is 1. The molecule has 0 radical (unpaired) electrons. The summed E-state index contributed by atoms with van der Waals surface area (Å²) in [6, 6.07) is 20.0. The molecule has 1 aliphatic rings. The molecule has 1 aliphatic carbocycles. The summed E-state index contributed by atoms with van der Waals surface area (Å²) in [4.78, 5) is 0. The maximum absolute atomic E-state index is 2.43. The minimum Gasteiger partial charge on any atom is -0.0622 e. The van der Waals surface area contributed by atoms with Crippen LogP contribution in [0.5, 0.6) is 0 Å². The normalized spacial score (nSPS) is 24.8. The maximum atomic E-state index is 2.43. The monoisotopic (exact) mass is 250 g/mol. The molecule has 0 spiro atoms. The summed E-state index contributed by atoms with van der Waals surface area (Å²) in [5.41, 5.74) is 4.90. The fourth-order valence-corrected chi connectivity index (χ4v) is 3.65. The molecule has 0 N–H and O–H groups in total. The summed E-state index contributed by atoms with van der Waals surface area (Å²) in [5, 5.41) is 0. The molecule has 1 unspecified atom stereocenters. The van der Waals surface area contributed by atoms with E-state index in [1.807, 2.05) is 0 Å². The zero-order valence-corrected chi connectivity index (χ0v) is 12.1. The van der Waals surface area contributed by atoms with Crippen molar-refractivity contribution in [2.24, 2.45) is 0 Å². The van der Waals surface area contributed by atoms with Gasteiger partial charge in [-0.2, -0.15) is 0 Å². The van der Waals surface area contributed by atoms with Gasteiger partial charge in [-0.25, -0.2) is 0 Å². The lowest BCUT2D eigenvalue weighted by atomic mass is 9.54. The molecule has 0 saturated heterocycles. The number of hydrogen-bond acceptors (Lipinski definition) is 0. The number of hydrogen-bond donors (Lipinski definition) is 0. The minimum absolute atomic E-state index is 0.170. The lowest BCUT2D eigenvalue weighted by Gasteiger charge is -2.49. The molecule has 0 aromatic heterocycles. The third-order valence-electron chi connectivity index (χ3n) is 5.38. The van der Waals surface area contributed by atoms with Gasteiger partial charge in [-0.3, -0.25) is 0 Å². The highest BCUT2D eigenvalue weighted by atomic mass is 14.5. The van der Waals surface area contributed by atoms with Crippen molar-refractivity contribution in [1.82, 2.24) is 0 Å². The summed E-state index contributed by atoms with van der Waals surface area (Å²) in [7, 11) is 0. The third kappa shape index (κ3) is 1.74. The standard InChI is InChI=1S/C19H22/c1-18(2)17-12-8-7-9-15(17)13-14-19(18,3)16-10-5-4-6-11-16/h4-12H,13-14H2,1-3H3. The summed E-state index contributed by atoms with van der Waals surface area (Å²) in [6.45, 7) is 7.23. The van der Waals surface area contributed by atoms with Crippen LogP contribution in [0.15, 0.2) is 54.6 Å². The molecule has 0 amide bonds. The first-order chi connectivity index (χ1) is 9.06. The Bertz CT molecular complexity index is 580. The van der Waals surface area contributed by atoms with Gasteiger partial charge in [-0.1, -0.05) is 75.4 Å². The van der Waals surface area contributed by atoms with E-state index in [0.29, 0.717) is 0 Å². The Morgan fingerprint density at radius 2 is 1.42 bits per heavy atom. The molecule has 0 bridgehead atoms. The molecule has 2 aromatic carbocycles. The Hall–Kier alpha value is -1.56. The van der Waals surface area contributed by atoms with Crippen molar-refractivity contribution >= 4 is 0 Å². The Morgan fingerprint density at radius 3 is 2.16 bits per heavy atom. The summed E-state index contributed by atoms with van der Waals surface area (Å²) >= 11 is 0. The SMILES string of the molecule is CC1(C)c2ccccc2CCC1(C)c1ccccc1. The first-order valence-corrected chi connectivity index (χ1v) is 7.20. The Kier molecular flexibility index (Phi) is 2.78. The van der Waals surface area contributed by atoms with E-state index in [9.17, 15) is 0 Å². The smallest absolute Gasteiger partial charge is 0.00195 e. The van der Waals surface area contributed by atoms with Gasteiger partial charge in [0.15, 0.2) is 0 Å². The van der Waals surface area contributed by atoms with E-state index in [0.717, 1.165) is 0 Å². The maximum Gasteiger partial charge on any atom is 0.00195 e. The van der Waals surface area contributed by atoms with Gasteiger partial charge >= 0.3 is 0 Å². The van der Waals surface area contributed by atoms with Crippen LogP contribution in [0.1, 0.15) is 43.9 Å². The quantitative estimate of drug-likeness (QED) is 0.677. The molecule has 0 heteroatoms. The average Bonchev–Trinajstić information content (AvgIpc) is 2.45. The molecule has 0 heterocycles. The van der Waals surface area contributed by atoms with Gasteiger partial charge in [0.2, 0.25) is 0 Å². The van der Waals surface area contributed by atoms with E-state index < -0.39 is 0 Å². The Morgan fingerprint density at radius 1 is 0.789 bits per heavy atom. The fraction of sp³-hybridized carbons (Fsp3) is 0.368. The Labute approximate surface area is 116 Å². The first-order valence-electron chi connectivity index (χ1n) is 7.20. The van der Waals surface area contributed by atoms with Crippen molar-refractivity contribution < 1.29 is 0 Å². The van der Waals surface area contributed by atoms with Crippen molar-refractivity contribution in [3.05, 3.63) is 71.3 Å². The van der Waals surface area contributed by atoms with Crippen LogP contribution in [0.4, 0.5) is 0 Å². The molecule has 19 heavy (non-hydrogen) atoms. The van der Waals surface area contributed by atoms with E-state index in [1.165, 1.54) is 29.5 Å². The van der Waals surface area contributed by atoms with Crippen LogP contribution < -0.4 is 0 Å². The topological polar surface area (TPSA) is 0 Å². The van der Waals surface area contributed by atoms with Crippen LogP contribution in [0, 0.1) is 0 Å². The average molecular weight is 250 g/mol. The van der Waals surface area contributed by atoms with Gasteiger partial charge in [-0.15, -0.1) is 0 Å². The van der Waals surface area contributed by atoms with E-state index in [2.05, 4.69) is 75.4 Å². The number of rotatable bonds is 1. The van der Waals surface area contributed by atoms with Crippen molar-refractivity contribution in [1.29, 1.82) is 0 Å². The molecule has 1 atom stereocenters. The molecule has 2 aromatic rings. The van der Waals surface area contributed by atoms with Crippen LogP contribution in [-0.4, -0.2) is 0 Å². The molecule has 3 rings (SSSR count). The van der Waals surface area contributed by atoms with Crippen molar-refractivity contribution in [3.63, 3.8) is 0 Å². The van der Waals surface area contributed by atoms with E-state index in [-0.39, 0.29) is 10.8 Å². The first kappa shape index (κ1) is 12.5. The molecule has 98 valence electrons. The van der Waals surface area contributed by atoms with E-state index in [4.69, 9.17) is 0 Å². The predicted molar refractivity (Wildman–Crippen MR) is 81.6 cm³/mol. The highest BCUT2D eigenvalue weighted by molar-refractivity contribution is 5.44. The second-order valence-corrected chi connectivity index (χ2v) is 6.48. The largest absolute Gasteiger partial charge is 0.0622 e. The van der Waals surface area contributed by atoms with Crippen LogP contribution >= 0.6 is 0 Å². The molecular weight excluding hydrogens is 228 g/mol. The third-order valence-corrected chi connectivity index (χ3v) is 5.38. The lowest BCUT2D eigenvalue weighted by molar-refractivity contribution is 0.238. The van der Waals surface area contributed by atoms with Gasteiger partial charge in [0.1, 0.15) is 0 Å². The molecule has 0 fully saturated rings. The zero-order valence-electron chi connectivity index (χ0n) is 12.1. The summed E-state index contributed by atoms with van der Waals surface area (Å²) in [6.07, 6.45) is 2.41. The van der Waals surface area contributed by atoms with Gasteiger partial charge in [0.05, 0.1) is 0 Å². The molecule has 0 aliphatic heterocycles. The van der Waals surface area contributed by atoms with Gasteiger partial charge in [-0.05, 0) is 34.9 Å². The van der Waals surface area contributed by atoms with Gasteiger partial charge < -0.3 is 0 Å². The summed E-state index contributed by atoms with van der Waals surface area (Å²) < 4.78 is 0. The molecule has 0 nitrogen and oxygen atoms in total. The van der Waals surface area contributed by atoms with Gasteiger partial charge in [0.25, 0.3) is 0 Å². The number of benzene rings is 2. The van der Waals surface area contributed by atoms with Crippen molar-refractivity contribution in [2.75, 3.05) is 0 Å². The Balaban J connectivity index is 2.16. The van der Waals surface area contributed by atoms with E-state index in [1.54, 1.807) is 0 Å². The zero-order chi connectivity index (χ0) is 13.5. The van der Waals surface area contributed by atoms with Crippen LogP contribution in [0.3, 0.4) is 0 Å².